The third kappa shape index (κ3) is 2.64. The molecule has 6 heteroatoms. The highest BCUT2D eigenvalue weighted by molar-refractivity contribution is 6.09. The lowest BCUT2D eigenvalue weighted by Gasteiger charge is -2.59. The summed E-state index contributed by atoms with van der Waals surface area (Å²) < 4.78 is 16.9. The SMILES string of the molecule is C=CC(C)(C)[C@]1(O)C(=O)N(c2ccc(OC)cc2)[C@H]1[C@H]1COC(C)(C)O1. The maximum atomic E-state index is 13.1. The summed E-state index contributed by atoms with van der Waals surface area (Å²) in [6.07, 6.45) is 1.17. The van der Waals surface area contributed by atoms with Crippen LogP contribution in [-0.2, 0) is 14.3 Å². The zero-order valence-electron chi connectivity index (χ0n) is 16.0. The van der Waals surface area contributed by atoms with Crippen molar-refractivity contribution in [1.82, 2.24) is 0 Å². The molecule has 26 heavy (non-hydrogen) atoms. The maximum absolute atomic E-state index is 13.1. The molecule has 0 unspecified atom stereocenters. The molecule has 0 saturated carbocycles. The maximum Gasteiger partial charge on any atom is 0.262 e. The largest absolute Gasteiger partial charge is 0.497 e. The van der Waals surface area contributed by atoms with E-state index in [1.807, 2.05) is 13.8 Å². The van der Waals surface area contributed by atoms with Gasteiger partial charge in [0, 0.05) is 11.1 Å². The molecule has 0 bridgehead atoms. The van der Waals surface area contributed by atoms with Crippen molar-refractivity contribution in [3.05, 3.63) is 36.9 Å². The van der Waals surface area contributed by atoms with Gasteiger partial charge in [0.15, 0.2) is 11.4 Å². The van der Waals surface area contributed by atoms with Gasteiger partial charge in [-0.05, 0) is 38.1 Å². The normalized spacial score (nSPS) is 30.8. The lowest BCUT2D eigenvalue weighted by Crippen LogP contribution is -2.82. The molecular formula is C20H27NO5. The molecule has 3 atom stereocenters. The van der Waals surface area contributed by atoms with E-state index in [1.165, 1.54) is 0 Å². The Morgan fingerprint density at radius 1 is 1.35 bits per heavy atom. The number of benzene rings is 1. The smallest absolute Gasteiger partial charge is 0.262 e. The van der Waals surface area contributed by atoms with E-state index in [0.717, 1.165) is 0 Å². The third-order valence-electron chi connectivity index (χ3n) is 5.48. The third-order valence-corrected chi connectivity index (χ3v) is 5.48. The van der Waals surface area contributed by atoms with Crippen LogP contribution < -0.4 is 9.64 Å². The topological polar surface area (TPSA) is 68.2 Å². The van der Waals surface area contributed by atoms with Crippen LogP contribution in [0, 0.1) is 5.41 Å². The molecule has 2 fully saturated rings. The fourth-order valence-electron chi connectivity index (χ4n) is 3.70. The predicted octanol–water partition coefficient (Wildman–Crippen LogP) is 2.51. The number of carbonyl (C=O) groups excluding carboxylic acids is 1. The van der Waals surface area contributed by atoms with Crippen molar-refractivity contribution in [3.63, 3.8) is 0 Å². The first-order valence-electron chi connectivity index (χ1n) is 8.73. The molecule has 2 aliphatic heterocycles. The van der Waals surface area contributed by atoms with Gasteiger partial charge in [0.1, 0.15) is 17.9 Å². The van der Waals surface area contributed by atoms with Crippen LogP contribution in [-0.4, -0.2) is 48.3 Å². The van der Waals surface area contributed by atoms with E-state index in [1.54, 1.807) is 56.2 Å². The molecule has 1 aromatic rings. The van der Waals surface area contributed by atoms with Gasteiger partial charge in [-0.15, -0.1) is 6.58 Å². The van der Waals surface area contributed by atoms with Crippen LogP contribution in [0.4, 0.5) is 5.69 Å². The number of methoxy groups -OCH3 is 1. The van der Waals surface area contributed by atoms with Crippen molar-refractivity contribution >= 4 is 11.6 Å². The Labute approximate surface area is 154 Å². The van der Waals surface area contributed by atoms with Crippen LogP contribution in [0.25, 0.3) is 0 Å². The lowest BCUT2D eigenvalue weighted by atomic mass is 9.62. The Hall–Kier alpha value is -1.89. The average Bonchev–Trinajstić information content (AvgIpc) is 2.97. The number of hydrogen-bond acceptors (Lipinski definition) is 5. The van der Waals surface area contributed by atoms with Gasteiger partial charge >= 0.3 is 0 Å². The highest BCUT2D eigenvalue weighted by atomic mass is 16.7. The minimum Gasteiger partial charge on any atom is -0.497 e. The highest BCUT2D eigenvalue weighted by Crippen LogP contribution is 2.50. The molecule has 142 valence electrons. The minimum absolute atomic E-state index is 0.299. The Morgan fingerprint density at radius 2 is 1.96 bits per heavy atom. The van der Waals surface area contributed by atoms with E-state index in [0.29, 0.717) is 18.0 Å². The molecule has 0 spiro atoms. The molecule has 6 nitrogen and oxygen atoms in total. The van der Waals surface area contributed by atoms with Gasteiger partial charge in [-0.3, -0.25) is 4.79 Å². The van der Waals surface area contributed by atoms with E-state index in [2.05, 4.69) is 6.58 Å². The fraction of sp³-hybridized carbons (Fsp3) is 0.550. The van der Waals surface area contributed by atoms with Gasteiger partial charge in [-0.25, -0.2) is 0 Å². The molecule has 0 aromatic heterocycles. The minimum atomic E-state index is -1.62. The number of rotatable bonds is 5. The van der Waals surface area contributed by atoms with Crippen LogP contribution in [0.1, 0.15) is 27.7 Å². The lowest BCUT2D eigenvalue weighted by molar-refractivity contribution is -0.188. The van der Waals surface area contributed by atoms with Crippen molar-refractivity contribution in [2.24, 2.45) is 5.41 Å². The molecule has 2 heterocycles. The average molecular weight is 361 g/mol. The van der Waals surface area contributed by atoms with Gasteiger partial charge < -0.3 is 24.2 Å². The molecule has 3 rings (SSSR count). The second-order valence-electron chi connectivity index (χ2n) is 7.88. The van der Waals surface area contributed by atoms with Crippen molar-refractivity contribution in [2.75, 3.05) is 18.6 Å². The van der Waals surface area contributed by atoms with Crippen LogP contribution in [0.15, 0.2) is 36.9 Å². The first kappa shape index (κ1) is 18.9. The molecule has 0 aliphatic carbocycles. The second-order valence-corrected chi connectivity index (χ2v) is 7.88. The molecule has 1 amide bonds. The Kier molecular flexibility index (Phi) is 4.42. The summed E-state index contributed by atoms with van der Waals surface area (Å²) in [7, 11) is 1.59. The van der Waals surface area contributed by atoms with Gasteiger partial charge in [-0.1, -0.05) is 19.9 Å². The molecule has 1 N–H and O–H groups in total. The zero-order chi connectivity index (χ0) is 19.3. The van der Waals surface area contributed by atoms with Crippen molar-refractivity contribution < 1.29 is 24.1 Å². The summed E-state index contributed by atoms with van der Waals surface area (Å²) in [4.78, 5) is 14.7. The van der Waals surface area contributed by atoms with Crippen LogP contribution in [0.5, 0.6) is 5.75 Å². The van der Waals surface area contributed by atoms with Crippen molar-refractivity contribution in [3.8, 4) is 5.75 Å². The number of β-lactam (4-membered cyclic amide) rings is 1. The number of amides is 1. The van der Waals surface area contributed by atoms with Crippen molar-refractivity contribution in [2.45, 2.75) is 51.2 Å². The molecule has 2 saturated heterocycles. The number of ether oxygens (including phenoxy) is 3. The summed E-state index contributed by atoms with van der Waals surface area (Å²) in [5, 5.41) is 11.4. The summed E-state index contributed by atoms with van der Waals surface area (Å²) in [5.41, 5.74) is -1.77. The zero-order valence-corrected chi connectivity index (χ0v) is 16.0. The van der Waals surface area contributed by atoms with Gasteiger partial charge in [-0.2, -0.15) is 0 Å². The second kappa shape index (κ2) is 6.08. The van der Waals surface area contributed by atoms with Gasteiger partial charge in [0.25, 0.3) is 5.91 Å². The molecule has 0 radical (unpaired) electrons. The van der Waals surface area contributed by atoms with E-state index < -0.39 is 28.9 Å². The van der Waals surface area contributed by atoms with Gasteiger partial charge in [0.2, 0.25) is 0 Å². The number of carbonyl (C=O) groups is 1. The summed E-state index contributed by atoms with van der Waals surface area (Å²) in [6.45, 7) is 11.4. The number of hydrogen-bond donors (Lipinski definition) is 1. The quantitative estimate of drug-likeness (QED) is 0.645. The standard InChI is InChI=1S/C20H27NO5/c1-7-18(2,3)20(23)16(15-12-25-19(4,5)26-15)21(17(20)22)13-8-10-14(24-6)11-9-13/h7-11,15-16,23H,1,12H2,2-6H3/t15-,16+,20-/m1/s1. The van der Waals surface area contributed by atoms with E-state index in [9.17, 15) is 9.90 Å². The Balaban J connectivity index is 2.01. The summed E-state index contributed by atoms with van der Waals surface area (Å²) in [5.74, 6) is -0.430. The molecular weight excluding hydrogens is 334 g/mol. The first-order valence-corrected chi connectivity index (χ1v) is 8.73. The number of aliphatic hydroxyl groups is 1. The predicted molar refractivity (Wildman–Crippen MR) is 98.1 cm³/mol. The first-order chi connectivity index (χ1) is 12.1. The van der Waals surface area contributed by atoms with Crippen LogP contribution >= 0.6 is 0 Å². The van der Waals surface area contributed by atoms with Crippen molar-refractivity contribution in [1.29, 1.82) is 0 Å². The van der Waals surface area contributed by atoms with E-state index >= 15 is 0 Å². The molecule has 1 aromatic carbocycles. The van der Waals surface area contributed by atoms with Crippen LogP contribution in [0.3, 0.4) is 0 Å². The fourth-order valence-corrected chi connectivity index (χ4v) is 3.70. The Morgan fingerprint density at radius 3 is 2.42 bits per heavy atom. The van der Waals surface area contributed by atoms with Gasteiger partial charge in [0.05, 0.1) is 13.7 Å². The number of anilines is 1. The van der Waals surface area contributed by atoms with E-state index in [-0.39, 0.29) is 5.91 Å². The Bertz CT molecular complexity index is 711. The summed E-state index contributed by atoms with van der Waals surface area (Å²) in [6, 6.07) is 6.58. The summed E-state index contributed by atoms with van der Waals surface area (Å²) >= 11 is 0. The monoisotopic (exact) mass is 361 g/mol. The van der Waals surface area contributed by atoms with E-state index in [4.69, 9.17) is 14.2 Å². The van der Waals surface area contributed by atoms with Crippen LogP contribution in [0.2, 0.25) is 0 Å². The molecule has 2 aliphatic rings. The highest BCUT2D eigenvalue weighted by Gasteiger charge is 2.70. The number of nitrogens with zero attached hydrogens (tertiary/aromatic N) is 1.